The van der Waals surface area contributed by atoms with Crippen LogP contribution in [0.5, 0.6) is 5.75 Å². The normalized spacial score (nSPS) is 15.5. The predicted octanol–water partition coefficient (Wildman–Crippen LogP) is 2.36. The van der Waals surface area contributed by atoms with Gasteiger partial charge in [-0.25, -0.2) is 0 Å². The van der Waals surface area contributed by atoms with Crippen molar-refractivity contribution in [1.82, 2.24) is 10.6 Å². The van der Waals surface area contributed by atoms with Crippen molar-refractivity contribution in [3.63, 3.8) is 0 Å². The summed E-state index contributed by atoms with van der Waals surface area (Å²) in [4.78, 5) is 12.1. The quantitative estimate of drug-likeness (QED) is 0.881. The molecule has 1 aromatic carbocycles. The number of methoxy groups -OCH3 is 1. The lowest BCUT2D eigenvalue weighted by atomic mass is 10.1. The SMILES string of the molecule is COc1ccc(C(=O)NC2CCNCC2)cc1Br.Cl. The molecule has 4 nitrogen and oxygen atoms in total. The van der Waals surface area contributed by atoms with Gasteiger partial charge in [0.25, 0.3) is 5.91 Å². The van der Waals surface area contributed by atoms with E-state index in [9.17, 15) is 4.79 Å². The van der Waals surface area contributed by atoms with E-state index in [2.05, 4.69) is 26.6 Å². The fourth-order valence-electron chi connectivity index (χ4n) is 2.04. The Morgan fingerprint density at radius 3 is 2.68 bits per heavy atom. The predicted molar refractivity (Wildman–Crippen MR) is 81.3 cm³/mol. The van der Waals surface area contributed by atoms with Gasteiger partial charge in [-0.05, 0) is 60.1 Å². The van der Waals surface area contributed by atoms with Gasteiger partial charge in [0, 0.05) is 11.6 Å². The summed E-state index contributed by atoms with van der Waals surface area (Å²) in [6, 6.07) is 5.64. The number of carbonyl (C=O) groups is 1. The van der Waals surface area contributed by atoms with Crippen LogP contribution >= 0.6 is 28.3 Å². The van der Waals surface area contributed by atoms with Crippen molar-refractivity contribution in [2.75, 3.05) is 20.2 Å². The number of piperidine rings is 1. The molecule has 0 bridgehead atoms. The van der Waals surface area contributed by atoms with Crippen LogP contribution in [0.2, 0.25) is 0 Å². The molecule has 1 aliphatic heterocycles. The lowest BCUT2D eigenvalue weighted by molar-refractivity contribution is 0.0929. The van der Waals surface area contributed by atoms with E-state index in [0.29, 0.717) is 5.56 Å². The topological polar surface area (TPSA) is 50.4 Å². The Kier molecular flexibility index (Phi) is 6.62. The Labute approximate surface area is 127 Å². The number of benzene rings is 1. The molecule has 0 unspecified atom stereocenters. The van der Waals surface area contributed by atoms with Crippen LogP contribution in [0.15, 0.2) is 22.7 Å². The van der Waals surface area contributed by atoms with Gasteiger partial charge in [0.1, 0.15) is 5.75 Å². The molecule has 0 spiro atoms. The van der Waals surface area contributed by atoms with Gasteiger partial charge in [-0.1, -0.05) is 0 Å². The van der Waals surface area contributed by atoms with E-state index in [1.165, 1.54) is 0 Å². The molecule has 0 saturated carbocycles. The molecular formula is C13H18BrClN2O2. The number of ether oxygens (including phenoxy) is 1. The number of carbonyl (C=O) groups excluding carboxylic acids is 1. The van der Waals surface area contributed by atoms with Gasteiger partial charge in [0.15, 0.2) is 0 Å². The minimum absolute atomic E-state index is 0. The molecular weight excluding hydrogens is 332 g/mol. The van der Waals surface area contributed by atoms with Crippen LogP contribution in [0.4, 0.5) is 0 Å². The molecule has 0 aromatic heterocycles. The molecule has 1 fully saturated rings. The Morgan fingerprint density at radius 2 is 2.11 bits per heavy atom. The van der Waals surface area contributed by atoms with Crippen LogP contribution < -0.4 is 15.4 Å². The lowest BCUT2D eigenvalue weighted by Crippen LogP contribution is -2.42. The molecule has 0 atom stereocenters. The van der Waals surface area contributed by atoms with E-state index in [4.69, 9.17) is 4.74 Å². The molecule has 0 aliphatic carbocycles. The third-order valence-corrected chi connectivity index (χ3v) is 3.71. The second-order valence-electron chi connectivity index (χ2n) is 4.35. The maximum atomic E-state index is 12.1. The van der Waals surface area contributed by atoms with Crippen molar-refractivity contribution in [3.8, 4) is 5.75 Å². The highest BCUT2D eigenvalue weighted by atomic mass is 79.9. The summed E-state index contributed by atoms with van der Waals surface area (Å²) in [5, 5.41) is 6.34. The van der Waals surface area contributed by atoms with Crippen molar-refractivity contribution < 1.29 is 9.53 Å². The first-order chi connectivity index (χ1) is 8.70. The van der Waals surface area contributed by atoms with E-state index < -0.39 is 0 Å². The first-order valence-corrected chi connectivity index (χ1v) is 6.85. The van der Waals surface area contributed by atoms with E-state index in [1.807, 2.05) is 0 Å². The van der Waals surface area contributed by atoms with Crippen LogP contribution in [-0.2, 0) is 0 Å². The first kappa shape index (κ1) is 16.3. The zero-order chi connectivity index (χ0) is 13.0. The standard InChI is InChI=1S/C13H17BrN2O2.ClH/c1-18-12-3-2-9(8-11(12)14)13(17)16-10-4-6-15-7-5-10;/h2-3,8,10,15H,4-7H2,1H3,(H,16,17);1H. The third-order valence-electron chi connectivity index (χ3n) is 3.09. The highest BCUT2D eigenvalue weighted by Gasteiger charge is 2.16. The van der Waals surface area contributed by atoms with Crippen LogP contribution in [0.25, 0.3) is 0 Å². The van der Waals surface area contributed by atoms with Crippen LogP contribution in [0, 0.1) is 0 Å². The summed E-state index contributed by atoms with van der Waals surface area (Å²) >= 11 is 3.39. The minimum atomic E-state index is -0.0229. The van der Waals surface area contributed by atoms with Gasteiger partial charge in [-0.15, -0.1) is 12.4 Å². The Morgan fingerprint density at radius 1 is 1.42 bits per heavy atom. The summed E-state index contributed by atoms with van der Waals surface area (Å²) < 4.78 is 5.94. The molecule has 1 aliphatic rings. The fourth-order valence-corrected chi connectivity index (χ4v) is 2.58. The number of halogens is 2. The molecule has 6 heteroatoms. The minimum Gasteiger partial charge on any atom is -0.496 e. The average molecular weight is 350 g/mol. The monoisotopic (exact) mass is 348 g/mol. The average Bonchev–Trinajstić information content (AvgIpc) is 2.39. The molecule has 2 N–H and O–H groups in total. The summed E-state index contributed by atoms with van der Waals surface area (Å²) in [6.45, 7) is 1.94. The highest BCUT2D eigenvalue weighted by Crippen LogP contribution is 2.25. The molecule has 1 aromatic rings. The highest BCUT2D eigenvalue weighted by molar-refractivity contribution is 9.10. The smallest absolute Gasteiger partial charge is 0.251 e. The Balaban J connectivity index is 0.00000180. The van der Waals surface area contributed by atoms with Gasteiger partial charge in [-0.3, -0.25) is 4.79 Å². The molecule has 1 heterocycles. The molecule has 1 saturated heterocycles. The van der Waals surface area contributed by atoms with Crippen molar-refractivity contribution >= 4 is 34.2 Å². The molecule has 1 amide bonds. The van der Waals surface area contributed by atoms with Crippen LogP contribution in [0.3, 0.4) is 0 Å². The largest absolute Gasteiger partial charge is 0.496 e. The second kappa shape index (κ2) is 7.72. The van der Waals surface area contributed by atoms with Crippen LogP contribution in [0.1, 0.15) is 23.2 Å². The van der Waals surface area contributed by atoms with Gasteiger partial charge in [0.05, 0.1) is 11.6 Å². The Bertz CT molecular complexity index is 437. The van der Waals surface area contributed by atoms with E-state index in [1.54, 1.807) is 25.3 Å². The van der Waals surface area contributed by atoms with Crippen molar-refractivity contribution in [2.24, 2.45) is 0 Å². The molecule has 2 rings (SSSR count). The molecule has 0 radical (unpaired) electrons. The van der Waals surface area contributed by atoms with E-state index in [0.717, 1.165) is 36.2 Å². The second-order valence-corrected chi connectivity index (χ2v) is 5.20. The van der Waals surface area contributed by atoms with Crippen molar-refractivity contribution in [3.05, 3.63) is 28.2 Å². The van der Waals surface area contributed by atoms with E-state index in [-0.39, 0.29) is 24.4 Å². The Hall–Kier alpha value is -0.780. The van der Waals surface area contributed by atoms with E-state index >= 15 is 0 Å². The summed E-state index contributed by atoms with van der Waals surface area (Å²) in [7, 11) is 1.61. The molecule has 19 heavy (non-hydrogen) atoms. The summed E-state index contributed by atoms with van der Waals surface area (Å²) in [5.74, 6) is 0.707. The van der Waals surface area contributed by atoms with Gasteiger partial charge < -0.3 is 15.4 Å². The molecule has 106 valence electrons. The zero-order valence-electron chi connectivity index (χ0n) is 10.7. The number of rotatable bonds is 3. The van der Waals surface area contributed by atoms with Gasteiger partial charge in [-0.2, -0.15) is 0 Å². The van der Waals surface area contributed by atoms with Gasteiger partial charge in [0.2, 0.25) is 0 Å². The van der Waals surface area contributed by atoms with Crippen LogP contribution in [-0.4, -0.2) is 32.1 Å². The van der Waals surface area contributed by atoms with Crippen molar-refractivity contribution in [2.45, 2.75) is 18.9 Å². The number of hydrogen-bond acceptors (Lipinski definition) is 3. The maximum absolute atomic E-state index is 12.1. The summed E-state index contributed by atoms with van der Waals surface area (Å²) in [5.41, 5.74) is 0.654. The van der Waals surface area contributed by atoms with Crippen molar-refractivity contribution in [1.29, 1.82) is 0 Å². The summed E-state index contributed by atoms with van der Waals surface area (Å²) in [6.07, 6.45) is 1.98. The lowest BCUT2D eigenvalue weighted by Gasteiger charge is -2.23. The first-order valence-electron chi connectivity index (χ1n) is 6.06. The number of nitrogens with one attached hydrogen (secondary N) is 2. The maximum Gasteiger partial charge on any atom is 0.251 e. The van der Waals surface area contributed by atoms with Gasteiger partial charge >= 0.3 is 0 Å². The third kappa shape index (κ3) is 4.37. The zero-order valence-corrected chi connectivity index (χ0v) is 13.1. The number of amides is 1. The number of hydrogen-bond donors (Lipinski definition) is 2. The fraction of sp³-hybridized carbons (Fsp3) is 0.462.